The molecule has 7 nitrogen and oxygen atoms in total. The van der Waals surface area contributed by atoms with Gasteiger partial charge in [0, 0.05) is 6.42 Å². The Kier molecular flexibility index (Phi) is 5.86. The van der Waals surface area contributed by atoms with Crippen LogP contribution in [0.3, 0.4) is 0 Å². The van der Waals surface area contributed by atoms with Crippen LogP contribution in [0.15, 0.2) is 29.2 Å². The van der Waals surface area contributed by atoms with Crippen LogP contribution in [-0.4, -0.2) is 27.4 Å². The van der Waals surface area contributed by atoms with E-state index in [4.69, 9.17) is 0 Å². The predicted molar refractivity (Wildman–Crippen MR) is 75.7 cm³/mol. The Labute approximate surface area is 123 Å². The van der Waals surface area contributed by atoms with Gasteiger partial charge in [0.25, 0.3) is 10.0 Å². The lowest BCUT2D eigenvalue weighted by atomic mass is 10.1. The highest BCUT2D eigenvalue weighted by Crippen LogP contribution is 2.15. The molecule has 1 rings (SSSR count). The fraction of sp³-hybridized carbons (Fsp3) is 0.385. The maximum atomic E-state index is 12.1. The molecule has 0 radical (unpaired) electrons. The summed E-state index contributed by atoms with van der Waals surface area (Å²) in [4.78, 5) is 24.7. The number of sulfonamides is 1. The lowest BCUT2D eigenvalue weighted by Crippen LogP contribution is -2.42. The van der Waals surface area contributed by atoms with Gasteiger partial charge in [0.1, 0.15) is 0 Å². The molecular formula is C13H18N2O5S. The van der Waals surface area contributed by atoms with Crippen molar-refractivity contribution in [2.45, 2.75) is 25.2 Å². The summed E-state index contributed by atoms with van der Waals surface area (Å²) in [6, 6.07) is 5.57. The van der Waals surface area contributed by atoms with E-state index in [1.807, 2.05) is 18.7 Å². The molecule has 0 aliphatic carbocycles. The summed E-state index contributed by atoms with van der Waals surface area (Å²) < 4.78 is 28.8. The molecule has 8 heteroatoms. The molecule has 2 N–H and O–H groups in total. The monoisotopic (exact) mass is 314 g/mol. The molecule has 0 bridgehead atoms. The van der Waals surface area contributed by atoms with E-state index in [1.165, 1.54) is 24.3 Å². The lowest BCUT2D eigenvalue weighted by molar-refractivity contribution is -0.122. The van der Waals surface area contributed by atoms with Crippen molar-refractivity contribution in [2.75, 3.05) is 7.11 Å². The Morgan fingerprint density at radius 2 is 1.86 bits per heavy atom. The molecule has 0 aliphatic heterocycles. The average molecular weight is 314 g/mol. The number of rotatable bonds is 6. The Balaban J connectivity index is 2.94. The Morgan fingerprint density at radius 1 is 1.24 bits per heavy atom. The number of carbonyl (C=O) groups is 2. The van der Waals surface area contributed by atoms with Crippen molar-refractivity contribution < 1.29 is 22.7 Å². The van der Waals surface area contributed by atoms with Crippen LogP contribution in [0, 0.1) is 5.92 Å². The quantitative estimate of drug-likeness (QED) is 0.598. The molecule has 0 aromatic heterocycles. The minimum atomic E-state index is -4.06. The minimum absolute atomic E-state index is 0.0943. The van der Waals surface area contributed by atoms with Crippen molar-refractivity contribution in [3.05, 3.63) is 29.8 Å². The maximum Gasteiger partial charge on any atom is 0.339 e. The predicted octanol–water partition coefficient (Wildman–Crippen LogP) is 0.829. The summed E-state index contributed by atoms with van der Waals surface area (Å²) in [5.74, 6) is -1.13. The van der Waals surface area contributed by atoms with E-state index in [0.29, 0.717) is 0 Å². The van der Waals surface area contributed by atoms with Crippen molar-refractivity contribution in [3.63, 3.8) is 0 Å². The number of hydrazine groups is 1. The van der Waals surface area contributed by atoms with Crippen molar-refractivity contribution in [3.8, 4) is 0 Å². The molecule has 21 heavy (non-hydrogen) atoms. The summed E-state index contributed by atoms with van der Waals surface area (Å²) in [5, 5.41) is 0. The summed E-state index contributed by atoms with van der Waals surface area (Å²) in [6.45, 7) is 3.67. The summed E-state index contributed by atoms with van der Waals surface area (Å²) >= 11 is 0. The van der Waals surface area contributed by atoms with E-state index in [2.05, 4.69) is 10.2 Å². The van der Waals surface area contributed by atoms with Gasteiger partial charge in [0.2, 0.25) is 5.91 Å². The molecule has 0 aliphatic rings. The van der Waals surface area contributed by atoms with Crippen LogP contribution >= 0.6 is 0 Å². The molecule has 0 heterocycles. The Hall–Kier alpha value is -1.93. The lowest BCUT2D eigenvalue weighted by Gasteiger charge is -2.11. The van der Waals surface area contributed by atoms with Gasteiger partial charge in [-0.1, -0.05) is 26.0 Å². The molecule has 0 spiro atoms. The second kappa shape index (κ2) is 7.19. The molecule has 1 aromatic carbocycles. The van der Waals surface area contributed by atoms with Gasteiger partial charge >= 0.3 is 5.97 Å². The zero-order valence-electron chi connectivity index (χ0n) is 12.0. The number of methoxy groups -OCH3 is 1. The molecule has 0 unspecified atom stereocenters. The summed E-state index contributed by atoms with van der Waals surface area (Å²) in [7, 11) is -2.90. The highest BCUT2D eigenvalue weighted by molar-refractivity contribution is 7.89. The van der Waals surface area contributed by atoms with Crippen molar-refractivity contribution in [1.82, 2.24) is 10.3 Å². The largest absolute Gasteiger partial charge is 0.465 e. The fourth-order valence-corrected chi connectivity index (χ4v) is 2.64. The average Bonchev–Trinajstić information content (AvgIpc) is 2.44. The minimum Gasteiger partial charge on any atom is -0.465 e. The third kappa shape index (κ3) is 4.83. The molecular weight excluding hydrogens is 296 g/mol. The third-order valence-electron chi connectivity index (χ3n) is 2.50. The first-order valence-corrected chi connectivity index (χ1v) is 7.74. The second-order valence-electron chi connectivity index (χ2n) is 4.74. The number of carbonyl (C=O) groups excluding carboxylic acids is 2. The standard InChI is InChI=1S/C13H18N2O5S/c1-9(2)8-12(16)14-15-21(18,19)11-7-5-4-6-10(11)13(17)20-3/h4-7,9,15H,8H2,1-3H3,(H,14,16). The van der Waals surface area contributed by atoms with Crippen molar-refractivity contribution in [2.24, 2.45) is 5.92 Å². The van der Waals surface area contributed by atoms with E-state index >= 15 is 0 Å². The molecule has 0 atom stereocenters. The van der Waals surface area contributed by atoms with Gasteiger partial charge in [-0.15, -0.1) is 4.83 Å². The van der Waals surface area contributed by atoms with Gasteiger partial charge in [-0.3, -0.25) is 10.2 Å². The first-order chi connectivity index (χ1) is 9.77. The van der Waals surface area contributed by atoms with E-state index in [9.17, 15) is 18.0 Å². The van der Waals surface area contributed by atoms with Gasteiger partial charge in [-0.25, -0.2) is 13.2 Å². The summed E-state index contributed by atoms with van der Waals surface area (Å²) in [6.07, 6.45) is 0.182. The van der Waals surface area contributed by atoms with Gasteiger partial charge in [0.15, 0.2) is 0 Å². The van der Waals surface area contributed by atoms with Gasteiger partial charge < -0.3 is 4.74 Å². The first kappa shape index (κ1) is 17.1. The van der Waals surface area contributed by atoms with Crippen LogP contribution in [0.25, 0.3) is 0 Å². The van der Waals surface area contributed by atoms with E-state index in [0.717, 1.165) is 7.11 Å². The van der Waals surface area contributed by atoms with Crippen molar-refractivity contribution >= 4 is 21.9 Å². The van der Waals surface area contributed by atoms with E-state index < -0.39 is 21.9 Å². The van der Waals surface area contributed by atoms with Crippen LogP contribution in [0.2, 0.25) is 0 Å². The fourth-order valence-electron chi connectivity index (χ4n) is 1.58. The molecule has 116 valence electrons. The SMILES string of the molecule is COC(=O)c1ccccc1S(=O)(=O)NNC(=O)CC(C)C. The molecule has 1 amide bonds. The number of hydrogen-bond donors (Lipinski definition) is 2. The van der Waals surface area contributed by atoms with Crippen LogP contribution < -0.4 is 10.3 Å². The van der Waals surface area contributed by atoms with E-state index in [1.54, 1.807) is 0 Å². The number of esters is 1. The number of benzene rings is 1. The number of amides is 1. The van der Waals surface area contributed by atoms with Gasteiger partial charge in [0.05, 0.1) is 17.6 Å². The normalized spacial score (nSPS) is 11.2. The Morgan fingerprint density at radius 3 is 2.43 bits per heavy atom. The molecule has 0 saturated heterocycles. The first-order valence-electron chi connectivity index (χ1n) is 6.26. The second-order valence-corrected chi connectivity index (χ2v) is 6.39. The zero-order chi connectivity index (χ0) is 16.0. The Bertz CT molecular complexity index is 625. The highest BCUT2D eigenvalue weighted by Gasteiger charge is 2.23. The van der Waals surface area contributed by atoms with E-state index in [-0.39, 0.29) is 22.8 Å². The van der Waals surface area contributed by atoms with Crippen LogP contribution in [0.1, 0.15) is 30.6 Å². The number of nitrogens with one attached hydrogen (secondary N) is 2. The summed E-state index contributed by atoms with van der Waals surface area (Å²) in [5.41, 5.74) is 2.00. The number of ether oxygens (including phenoxy) is 1. The number of hydrogen-bond acceptors (Lipinski definition) is 5. The highest BCUT2D eigenvalue weighted by atomic mass is 32.2. The molecule has 0 saturated carbocycles. The molecule has 0 fully saturated rings. The van der Waals surface area contributed by atoms with Crippen LogP contribution in [0.5, 0.6) is 0 Å². The maximum absolute atomic E-state index is 12.1. The van der Waals surface area contributed by atoms with Crippen LogP contribution in [0.4, 0.5) is 0 Å². The van der Waals surface area contributed by atoms with Gasteiger partial charge in [-0.2, -0.15) is 0 Å². The van der Waals surface area contributed by atoms with Crippen LogP contribution in [-0.2, 0) is 19.6 Å². The zero-order valence-corrected chi connectivity index (χ0v) is 12.9. The topological polar surface area (TPSA) is 102 Å². The molecule has 1 aromatic rings. The van der Waals surface area contributed by atoms with Gasteiger partial charge in [-0.05, 0) is 18.1 Å². The van der Waals surface area contributed by atoms with Crippen molar-refractivity contribution in [1.29, 1.82) is 0 Å². The third-order valence-corrected chi connectivity index (χ3v) is 3.81. The smallest absolute Gasteiger partial charge is 0.339 e.